The van der Waals surface area contributed by atoms with E-state index in [1.165, 1.54) is 0 Å². The smallest absolute Gasteiger partial charge is 0.223 e. The van der Waals surface area contributed by atoms with Crippen LogP contribution in [0.1, 0.15) is 18.5 Å². The van der Waals surface area contributed by atoms with Crippen molar-refractivity contribution in [3.63, 3.8) is 0 Å². The van der Waals surface area contributed by atoms with Crippen LogP contribution in [0.2, 0.25) is 0 Å². The molecule has 0 saturated carbocycles. The molecule has 7 heteroatoms. The van der Waals surface area contributed by atoms with Crippen molar-refractivity contribution in [3.05, 3.63) is 35.6 Å². The number of carbonyl (C=O) groups excluding carboxylic acids is 1. The van der Waals surface area contributed by atoms with Gasteiger partial charge in [0.05, 0.1) is 5.69 Å². The van der Waals surface area contributed by atoms with Crippen molar-refractivity contribution in [2.24, 2.45) is 5.92 Å². The molecule has 1 saturated heterocycles. The maximum absolute atomic E-state index is 12.3. The fourth-order valence-electron chi connectivity index (χ4n) is 2.83. The maximum Gasteiger partial charge on any atom is 0.223 e. The van der Waals surface area contributed by atoms with Gasteiger partial charge in [-0.15, -0.1) is 11.3 Å². The number of aryl methyl sites for hydroxylation is 1. The molecule has 3 rings (SSSR count). The van der Waals surface area contributed by atoms with Crippen molar-refractivity contribution in [3.8, 4) is 0 Å². The van der Waals surface area contributed by atoms with Crippen molar-refractivity contribution < 1.29 is 4.79 Å². The van der Waals surface area contributed by atoms with Crippen LogP contribution >= 0.6 is 11.3 Å². The molecule has 6 nitrogen and oxygen atoms in total. The van der Waals surface area contributed by atoms with Gasteiger partial charge in [0.2, 0.25) is 5.91 Å². The quantitative estimate of drug-likeness (QED) is 0.786. The molecule has 3 heterocycles. The lowest BCUT2D eigenvalue weighted by atomic mass is 9.96. The summed E-state index contributed by atoms with van der Waals surface area (Å²) in [5, 5.41) is 9.45. The number of aromatic nitrogens is 2. The Morgan fingerprint density at radius 2 is 2.04 bits per heavy atom. The Labute approximate surface area is 146 Å². The van der Waals surface area contributed by atoms with E-state index in [2.05, 4.69) is 30.9 Å². The number of hydrogen-bond acceptors (Lipinski definition) is 6. The summed E-state index contributed by atoms with van der Waals surface area (Å²) in [4.78, 5) is 23.1. The number of piperidine rings is 1. The Morgan fingerprint density at radius 3 is 2.71 bits per heavy atom. The standard InChI is InChI=1S/C17H23N5OS/c1-13-12-24-17(21-13)22-10-4-14(5-11-22)16(23)20-9-8-19-15-2-6-18-7-3-15/h2-3,6-7,12,14H,4-5,8-11H2,1H3,(H,18,19)(H,20,23). The Balaban J connectivity index is 1.36. The largest absolute Gasteiger partial charge is 0.383 e. The van der Waals surface area contributed by atoms with Gasteiger partial charge in [-0.05, 0) is 31.9 Å². The average Bonchev–Trinajstić information content (AvgIpc) is 3.06. The molecule has 1 aliphatic rings. The number of pyridine rings is 1. The summed E-state index contributed by atoms with van der Waals surface area (Å²) in [6, 6.07) is 3.83. The molecule has 1 fully saturated rings. The minimum absolute atomic E-state index is 0.114. The minimum atomic E-state index is 0.114. The molecule has 0 spiro atoms. The summed E-state index contributed by atoms with van der Waals surface area (Å²) >= 11 is 1.68. The van der Waals surface area contributed by atoms with E-state index >= 15 is 0 Å². The summed E-state index contributed by atoms with van der Waals surface area (Å²) in [5.41, 5.74) is 2.09. The molecule has 2 aromatic heterocycles. The zero-order chi connectivity index (χ0) is 16.8. The topological polar surface area (TPSA) is 70.2 Å². The van der Waals surface area contributed by atoms with Gasteiger partial charge in [-0.25, -0.2) is 4.98 Å². The van der Waals surface area contributed by atoms with Crippen molar-refractivity contribution in [1.82, 2.24) is 15.3 Å². The van der Waals surface area contributed by atoms with E-state index in [1.54, 1.807) is 23.7 Å². The summed E-state index contributed by atoms with van der Waals surface area (Å²) in [7, 11) is 0. The normalized spacial score (nSPS) is 15.3. The maximum atomic E-state index is 12.3. The van der Waals surface area contributed by atoms with Crippen LogP contribution in [0.15, 0.2) is 29.9 Å². The molecule has 1 amide bonds. The van der Waals surface area contributed by atoms with Crippen LogP contribution in [0.4, 0.5) is 10.8 Å². The molecule has 2 N–H and O–H groups in total. The third kappa shape index (κ3) is 4.44. The van der Waals surface area contributed by atoms with Gasteiger partial charge in [0, 0.05) is 55.6 Å². The van der Waals surface area contributed by atoms with E-state index in [4.69, 9.17) is 0 Å². The van der Waals surface area contributed by atoms with Crippen LogP contribution in [0.25, 0.3) is 0 Å². The number of rotatable bonds is 6. The lowest BCUT2D eigenvalue weighted by Gasteiger charge is -2.31. The van der Waals surface area contributed by atoms with Crippen molar-refractivity contribution in [2.45, 2.75) is 19.8 Å². The molecular formula is C17H23N5OS. The highest BCUT2D eigenvalue weighted by Gasteiger charge is 2.25. The van der Waals surface area contributed by atoms with Crippen LogP contribution in [0.3, 0.4) is 0 Å². The Kier molecular flexibility index (Phi) is 5.63. The summed E-state index contributed by atoms with van der Waals surface area (Å²) < 4.78 is 0. The summed E-state index contributed by atoms with van der Waals surface area (Å²) in [6.07, 6.45) is 5.28. The lowest BCUT2D eigenvalue weighted by Crippen LogP contribution is -2.41. The third-order valence-electron chi connectivity index (χ3n) is 4.18. The second kappa shape index (κ2) is 8.10. The van der Waals surface area contributed by atoms with E-state index in [1.807, 2.05) is 19.1 Å². The number of amides is 1. The van der Waals surface area contributed by atoms with Crippen LogP contribution < -0.4 is 15.5 Å². The number of carbonyl (C=O) groups is 1. The summed E-state index contributed by atoms with van der Waals surface area (Å²) in [5.74, 6) is 0.282. The number of anilines is 2. The van der Waals surface area contributed by atoms with E-state index in [0.29, 0.717) is 13.1 Å². The third-order valence-corrected chi connectivity index (χ3v) is 5.20. The van der Waals surface area contributed by atoms with Crippen molar-refractivity contribution in [1.29, 1.82) is 0 Å². The number of nitrogens with zero attached hydrogens (tertiary/aromatic N) is 3. The molecule has 24 heavy (non-hydrogen) atoms. The van der Waals surface area contributed by atoms with Gasteiger partial charge in [0.15, 0.2) is 5.13 Å². The van der Waals surface area contributed by atoms with Gasteiger partial charge in [0.1, 0.15) is 0 Å². The predicted molar refractivity (Wildman–Crippen MR) is 97.5 cm³/mol. The molecule has 0 radical (unpaired) electrons. The van der Waals surface area contributed by atoms with Gasteiger partial charge in [0.25, 0.3) is 0 Å². The van der Waals surface area contributed by atoms with Crippen molar-refractivity contribution in [2.75, 3.05) is 36.4 Å². The first kappa shape index (κ1) is 16.7. The lowest BCUT2D eigenvalue weighted by molar-refractivity contribution is -0.125. The molecule has 0 atom stereocenters. The van der Waals surface area contributed by atoms with E-state index in [-0.39, 0.29) is 11.8 Å². The van der Waals surface area contributed by atoms with Gasteiger partial charge in [-0.3, -0.25) is 9.78 Å². The first-order valence-corrected chi connectivity index (χ1v) is 9.19. The van der Waals surface area contributed by atoms with Gasteiger partial charge >= 0.3 is 0 Å². The van der Waals surface area contributed by atoms with Crippen LogP contribution in [0.5, 0.6) is 0 Å². The number of nitrogens with one attached hydrogen (secondary N) is 2. The zero-order valence-corrected chi connectivity index (χ0v) is 14.7. The molecule has 1 aliphatic heterocycles. The first-order chi connectivity index (χ1) is 11.7. The van der Waals surface area contributed by atoms with Crippen LogP contribution in [-0.4, -0.2) is 42.1 Å². The second-order valence-electron chi connectivity index (χ2n) is 5.99. The predicted octanol–water partition coefficient (Wildman–Crippen LogP) is 2.29. The molecule has 2 aromatic rings. The molecule has 0 bridgehead atoms. The molecule has 0 aromatic carbocycles. The second-order valence-corrected chi connectivity index (χ2v) is 6.82. The number of hydrogen-bond donors (Lipinski definition) is 2. The zero-order valence-electron chi connectivity index (χ0n) is 13.9. The molecule has 0 unspecified atom stereocenters. The Bertz CT molecular complexity index is 652. The van der Waals surface area contributed by atoms with Crippen molar-refractivity contribution >= 4 is 28.1 Å². The van der Waals surface area contributed by atoms with Gasteiger partial charge < -0.3 is 15.5 Å². The van der Waals surface area contributed by atoms with Gasteiger partial charge in [-0.2, -0.15) is 0 Å². The van der Waals surface area contributed by atoms with Gasteiger partial charge in [-0.1, -0.05) is 0 Å². The molecular weight excluding hydrogens is 322 g/mol. The molecule has 0 aliphatic carbocycles. The first-order valence-electron chi connectivity index (χ1n) is 8.31. The Hall–Kier alpha value is -2.15. The highest BCUT2D eigenvalue weighted by atomic mass is 32.1. The minimum Gasteiger partial charge on any atom is -0.383 e. The van der Waals surface area contributed by atoms with E-state index in [9.17, 15) is 4.79 Å². The van der Waals surface area contributed by atoms with Crippen LogP contribution in [0, 0.1) is 12.8 Å². The number of thiazole rings is 1. The fraction of sp³-hybridized carbons (Fsp3) is 0.471. The summed E-state index contributed by atoms with van der Waals surface area (Å²) in [6.45, 7) is 5.17. The van der Waals surface area contributed by atoms with Crippen LogP contribution in [-0.2, 0) is 4.79 Å². The highest BCUT2D eigenvalue weighted by molar-refractivity contribution is 7.13. The monoisotopic (exact) mass is 345 g/mol. The van der Waals surface area contributed by atoms with E-state index in [0.717, 1.165) is 42.4 Å². The fourth-order valence-corrected chi connectivity index (χ4v) is 3.68. The Morgan fingerprint density at radius 1 is 1.29 bits per heavy atom. The van der Waals surface area contributed by atoms with E-state index < -0.39 is 0 Å². The molecule has 128 valence electrons. The average molecular weight is 345 g/mol. The highest BCUT2D eigenvalue weighted by Crippen LogP contribution is 2.26. The SMILES string of the molecule is Cc1csc(N2CCC(C(=O)NCCNc3ccncc3)CC2)n1.